The maximum atomic E-state index is 12.2. The summed E-state index contributed by atoms with van der Waals surface area (Å²) < 4.78 is 5.14. The van der Waals surface area contributed by atoms with E-state index in [9.17, 15) is 4.79 Å². The molecule has 0 spiro atoms. The Bertz CT molecular complexity index is 637. The van der Waals surface area contributed by atoms with Crippen LogP contribution in [0.2, 0.25) is 0 Å². The monoisotopic (exact) mass is 304 g/mol. The van der Waals surface area contributed by atoms with E-state index in [2.05, 4.69) is 24.4 Å². The second kappa shape index (κ2) is 6.63. The third-order valence-electron chi connectivity index (χ3n) is 3.18. The van der Waals surface area contributed by atoms with Crippen LogP contribution in [0.25, 0.3) is 0 Å². The van der Waals surface area contributed by atoms with Crippen LogP contribution in [0.4, 0.5) is 5.69 Å². The van der Waals surface area contributed by atoms with Gasteiger partial charge in [0.05, 0.1) is 12.8 Å². The molecule has 112 valence electrons. The van der Waals surface area contributed by atoms with Crippen LogP contribution in [0, 0.1) is 6.92 Å². The smallest absolute Gasteiger partial charge is 0.251 e. The molecule has 0 fully saturated rings. The molecular weight excluding hydrogens is 284 g/mol. The summed E-state index contributed by atoms with van der Waals surface area (Å²) in [6.07, 6.45) is 0.830. The fourth-order valence-corrected chi connectivity index (χ4v) is 3.13. The standard InChI is InChI=1S/C16H20N2O2S/c1-10(8-13-6-4-11(2)21-13)18-16(19)12-5-7-14(17)15(9-12)20-3/h4-7,9-10H,8,17H2,1-3H3,(H,18,19). The third kappa shape index (κ3) is 3.98. The zero-order valence-corrected chi connectivity index (χ0v) is 13.3. The minimum absolute atomic E-state index is 0.0686. The van der Waals surface area contributed by atoms with Crippen LogP contribution in [0.5, 0.6) is 5.75 Å². The van der Waals surface area contributed by atoms with Crippen LogP contribution in [0.15, 0.2) is 30.3 Å². The molecule has 4 nitrogen and oxygen atoms in total. The number of ether oxygens (including phenoxy) is 1. The fourth-order valence-electron chi connectivity index (χ4n) is 2.11. The number of nitrogen functional groups attached to an aromatic ring is 1. The lowest BCUT2D eigenvalue weighted by Gasteiger charge is -2.14. The van der Waals surface area contributed by atoms with Crippen molar-refractivity contribution in [2.24, 2.45) is 0 Å². The lowest BCUT2D eigenvalue weighted by molar-refractivity contribution is 0.0940. The molecule has 3 N–H and O–H groups in total. The number of nitrogens with one attached hydrogen (secondary N) is 1. The molecule has 0 saturated heterocycles. The van der Waals surface area contributed by atoms with Crippen molar-refractivity contribution in [2.45, 2.75) is 26.3 Å². The molecule has 0 radical (unpaired) electrons. The van der Waals surface area contributed by atoms with Crippen LogP contribution in [0.1, 0.15) is 27.0 Å². The van der Waals surface area contributed by atoms with E-state index in [1.54, 1.807) is 29.5 Å². The van der Waals surface area contributed by atoms with Crippen molar-refractivity contribution < 1.29 is 9.53 Å². The summed E-state index contributed by atoms with van der Waals surface area (Å²) in [7, 11) is 1.54. The Labute approximate surface area is 128 Å². The van der Waals surface area contributed by atoms with Gasteiger partial charge in [-0.2, -0.15) is 0 Å². The number of nitrogens with two attached hydrogens (primary N) is 1. The molecule has 0 bridgehead atoms. The van der Waals surface area contributed by atoms with Gasteiger partial charge >= 0.3 is 0 Å². The predicted molar refractivity (Wildman–Crippen MR) is 87.1 cm³/mol. The highest BCUT2D eigenvalue weighted by Gasteiger charge is 2.13. The van der Waals surface area contributed by atoms with Gasteiger partial charge in [-0.3, -0.25) is 4.79 Å². The third-order valence-corrected chi connectivity index (χ3v) is 4.20. The normalized spacial score (nSPS) is 12.0. The molecule has 1 heterocycles. The van der Waals surface area contributed by atoms with E-state index in [-0.39, 0.29) is 11.9 Å². The van der Waals surface area contributed by atoms with Gasteiger partial charge in [0.25, 0.3) is 5.91 Å². The number of thiophene rings is 1. The van der Waals surface area contributed by atoms with Crippen LogP contribution in [-0.4, -0.2) is 19.1 Å². The summed E-state index contributed by atoms with van der Waals surface area (Å²) >= 11 is 1.76. The average Bonchev–Trinajstić information content (AvgIpc) is 2.84. The van der Waals surface area contributed by atoms with Crippen LogP contribution in [-0.2, 0) is 6.42 Å². The maximum absolute atomic E-state index is 12.2. The Balaban J connectivity index is 2.00. The van der Waals surface area contributed by atoms with Gasteiger partial charge in [0.15, 0.2) is 0 Å². The molecule has 1 unspecified atom stereocenters. The molecule has 0 aliphatic rings. The summed E-state index contributed by atoms with van der Waals surface area (Å²) in [5.74, 6) is 0.401. The molecule has 0 saturated carbocycles. The van der Waals surface area contributed by atoms with Crippen molar-refractivity contribution in [1.82, 2.24) is 5.32 Å². The van der Waals surface area contributed by atoms with E-state index in [0.717, 1.165) is 6.42 Å². The van der Waals surface area contributed by atoms with Crippen molar-refractivity contribution in [1.29, 1.82) is 0 Å². The molecular formula is C16H20N2O2S. The highest BCUT2D eigenvalue weighted by Crippen LogP contribution is 2.22. The van der Waals surface area contributed by atoms with Gasteiger partial charge in [-0.25, -0.2) is 0 Å². The summed E-state index contributed by atoms with van der Waals surface area (Å²) in [4.78, 5) is 14.8. The lowest BCUT2D eigenvalue weighted by Crippen LogP contribution is -2.33. The molecule has 0 aliphatic heterocycles. The Kier molecular flexibility index (Phi) is 4.85. The van der Waals surface area contributed by atoms with Crippen molar-refractivity contribution in [3.05, 3.63) is 45.6 Å². The van der Waals surface area contributed by atoms with Crippen LogP contribution < -0.4 is 15.8 Å². The first-order valence-corrected chi connectivity index (χ1v) is 7.61. The van der Waals surface area contributed by atoms with E-state index < -0.39 is 0 Å². The predicted octanol–water partition coefficient (Wildman–Crippen LogP) is 3.01. The number of carbonyl (C=O) groups is 1. The van der Waals surface area contributed by atoms with Crippen molar-refractivity contribution in [3.8, 4) is 5.75 Å². The van der Waals surface area contributed by atoms with E-state index in [0.29, 0.717) is 17.0 Å². The molecule has 1 amide bonds. The average molecular weight is 304 g/mol. The van der Waals surface area contributed by atoms with E-state index in [4.69, 9.17) is 10.5 Å². The van der Waals surface area contributed by atoms with Crippen molar-refractivity contribution in [2.75, 3.05) is 12.8 Å². The summed E-state index contributed by atoms with van der Waals surface area (Å²) in [5.41, 5.74) is 6.83. The molecule has 1 aromatic heterocycles. The number of amides is 1. The topological polar surface area (TPSA) is 64.3 Å². The van der Waals surface area contributed by atoms with Gasteiger partial charge in [0, 0.05) is 27.8 Å². The Morgan fingerprint density at radius 1 is 1.38 bits per heavy atom. The minimum Gasteiger partial charge on any atom is -0.495 e. The lowest BCUT2D eigenvalue weighted by atomic mass is 10.1. The summed E-state index contributed by atoms with van der Waals surface area (Å²) in [6.45, 7) is 4.08. The number of carbonyl (C=O) groups excluding carboxylic acids is 1. The molecule has 1 atom stereocenters. The quantitative estimate of drug-likeness (QED) is 0.835. The largest absolute Gasteiger partial charge is 0.495 e. The first-order chi connectivity index (χ1) is 9.99. The van der Waals surface area contributed by atoms with Crippen molar-refractivity contribution in [3.63, 3.8) is 0 Å². The fraction of sp³-hybridized carbons (Fsp3) is 0.312. The van der Waals surface area contributed by atoms with Crippen LogP contribution >= 0.6 is 11.3 Å². The van der Waals surface area contributed by atoms with Crippen molar-refractivity contribution >= 4 is 22.9 Å². The summed E-state index contributed by atoms with van der Waals surface area (Å²) in [6, 6.07) is 9.32. The highest BCUT2D eigenvalue weighted by molar-refractivity contribution is 7.11. The maximum Gasteiger partial charge on any atom is 0.251 e. The first kappa shape index (κ1) is 15.4. The molecule has 21 heavy (non-hydrogen) atoms. The molecule has 2 aromatic rings. The number of anilines is 1. The SMILES string of the molecule is COc1cc(C(=O)NC(C)Cc2ccc(C)s2)ccc1N. The number of hydrogen-bond donors (Lipinski definition) is 2. The number of hydrogen-bond acceptors (Lipinski definition) is 4. The number of benzene rings is 1. The first-order valence-electron chi connectivity index (χ1n) is 6.79. The van der Waals surface area contributed by atoms with Gasteiger partial charge < -0.3 is 15.8 Å². The van der Waals surface area contributed by atoms with Gasteiger partial charge in [-0.05, 0) is 44.2 Å². The van der Waals surface area contributed by atoms with Gasteiger partial charge in [0.2, 0.25) is 0 Å². The molecule has 1 aromatic carbocycles. The second-order valence-electron chi connectivity index (χ2n) is 5.05. The van der Waals surface area contributed by atoms with E-state index >= 15 is 0 Å². The summed E-state index contributed by atoms with van der Waals surface area (Å²) in [5, 5.41) is 3.00. The molecule has 0 aliphatic carbocycles. The number of methoxy groups -OCH3 is 1. The highest BCUT2D eigenvalue weighted by atomic mass is 32.1. The van der Waals surface area contributed by atoms with Gasteiger partial charge in [-0.15, -0.1) is 11.3 Å². The minimum atomic E-state index is -0.117. The van der Waals surface area contributed by atoms with Crippen LogP contribution in [0.3, 0.4) is 0 Å². The number of rotatable bonds is 5. The Morgan fingerprint density at radius 3 is 2.76 bits per heavy atom. The Hall–Kier alpha value is -2.01. The zero-order valence-electron chi connectivity index (χ0n) is 12.5. The van der Waals surface area contributed by atoms with E-state index in [1.807, 2.05) is 6.92 Å². The Morgan fingerprint density at radius 2 is 2.14 bits per heavy atom. The molecule has 5 heteroatoms. The number of aryl methyl sites for hydroxylation is 1. The van der Waals surface area contributed by atoms with E-state index in [1.165, 1.54) is 16.9 Å². The van der Waals surface area contributed by atoms with Gasteiger partial charge in [0.1, 0.15) is 5.75 Å². The van der Waals surface area contributed by atoms with Gasteiger partial charge in [-0.1, -0.05) is 0 Å². The molecule has 2 rings (SSSR count). The zero-order chi connectivity index (χ0) is 15.4. The second-order valence-corrected chi connectivity index (χ2v) is 6.42.